The van der Waals surface area contributed by atoms with Gasteiger partial charge in [0.05, 0.1) is 14.2 Å². The number of esters is 2. The number of aliphatic hydroxyl groups is 1. The number of ether oxygens (including phenoxy) is 2. The van der Waals surface area contributed by atoms with Gasteiger partial charge in [-0.25, -0.2) is 5.90 Å². The van der Waals surface area contributed by atoms with Gasteiger partial charge in [0.2, 0.25) is 0 Å². The molecule has 0 saturated heterocycles. The predicted octanol–water partition coefficient (Wildman–Crippen LogP) is 15.9. The number of ketones is 2. The van der Waals surface area contributed by atoms with Crippen molar-refractivity contribution in [2.75, 3.05) is 39.4 Å². The van der Waals surface area contributed by atoms with E-state index >= 15 is 0 Å². The molecule has 0 heterocycles. The molecule has 17 heteroatoms. The fourth-order valence-corrected chi connectivity index (χ4v) is 12.4. The number of benzene rings is 8. The summed E-state index contributed by atoms with van der Waals surface area (Å²) in [7, 11) is 2.79. The normalized spacial score (nSPS) is 12.3. The molecular formula is C81H92BrClN4O11. The summed E-state index contributed by atoms with van der Waals surface area (Å²) in [5.41, 5.74) is 21.2. The fourth-order valence-electron chi connectivity index (χ4n) is 12.1. The molecule has 12 rings (SSSR count). The number of Topliss-reactive ketones (excluding diaryl/α,β-unsaturated/α-hetero) is 1. The minimum atomic E-state index is -0.333. The number of nitrogens with two attached hydrogens (primary N) is 1. The van der Waals surface area contributed by atoms with Gasteiger partial charge in [-0.05, 0) is 134 Å². The number of rotatable bonds is 20. The molecule has 0 radical (unpaired) electrons. The molecule has 516 valence electrons. The highest BCUT2D eigenvalue weighted by Crippen LogP contribution is 2.29. The lowest BCUT2D eigenvalue weighted by atomic mass is 9.98. The van der Waals surface area contributed by atoms with Crippen LogP contribution >= 0.6 is 28.3 Å². The second kappa shape index (κ2) is 44.1. The van der Waals surface area contributed by atoms with Gasteiger partial charge in [-0.3, -0.25) is 19.2 Å². The standard InChI is InChI=1S/2C24H29NO3.C15H13NO.C15H12O.C3H5BrO2.ClH.H3NO/c1-27-23(26)15-5-3-2-4-10-18-28-25-24-21-13-8-6-11-19(21)16-17-20-12-7-9-14-22(20)24;26-18-21(27)12-4-2-1-3-9-17-28-25-24-22-13-7-5-10-19(22)15-16-20-11-6-8-14-23(20)24;17-16-15-13-7-3-1-5-11(13)9-10-12-6-2-4-8-14(12)15;16-15-13-7-3-1-5-11(13)9-10-12-6-2-4-8-14(12)15;1-6-3(5)2-4;;1-2/h6-9,11-14H,2-5,10,15-18H2,1H3;5-8,10-11,13-14,26H,1-4,9,12,15-18H2;1-8,17H,9-10H2;1-8H,9-10H2;2H2,1H3;1H;2H,1H2. The van der Waals surface area contributed by atoms with Crippen LogP contribution in [-0.2, 0) is 84.9 Å². The lowest BCUT2D eigenvalue weighted by Gasteiger charge is -2.10. The van der Waals surface area contributed by atoms with Gasteiger partial charge in [0.15, 0.2) is 11.6 Å². The molecular weight excluding hydrogens is 1320 g/mol. The van der Waals surface area contributed by atoms with Gasteiger partial charge in [0, 0.05) is 57.3 Å². The van der Waals surface area contributed by atoms with Crippen molar-refractivity contribution in [2.24, 2.45) is 21.4 Å². The number of nitrogens with zero attached hydrogens (tertiary/aromatic N) is 3. The van der Waals surface area contributed by atoms with E-state index < -0.39 is 0 Å². The van der Waals surface area contributed by atoms with Gasteiger partial charge in [-0.15, -0.1) is 12.4 Å². The van der Waals surface area contributed by atoms with Crippen LogP contribution in [0.25, 0.3) is 0 Å². The molecule has 0 fully saturated rings. The molecule has 0 aliphatic heterocycles. The zero-order chi connectivity index (χ0) is 68.8. The molecule has 4 aliphatic carbocycles. The van der Waals surface area contributed by atoms with Gasteiger partial charge in [-0.2, -0.15) is 0 Å². The fraction of sp³-hybridized carbons (Fsp3) is 0.321. The number of hydrogen-bond donors (Lipinski definition) is 4. The number of fused-ring (bicyclic) bond motifs is 8. The lowest BCUT2D eigenvalue weighted by Crippen LogP contribution is -2.07. The summed E-state index contributed by atoms with van der Waals surface area (Å²) in [5.74, 6) is 3.24. The van der Waals surface area contributed by atoms with Crippen molar-refractivity contribution in [1.29, 1.82) is 0 Å². The number of methoxy groups -OCH3 is 2. The summed E-state index contributed by atoms with van der Waals surface area (Å²) in [4.78, 5) is 55.8. The van der Waals surface area contributed by atoms with E-state index in [9.17, 15) is 24.4 Å². The van der Waals surface area contributed by atoms with Crippen LogP contribution in [0.2, 0.25) is 0 Å². The van der Waals surface area contributed by atoms with Crippen molar-refractivity contribution >= 4 is 69.0 Å². The molecule has 0 aromatic heterocycles. The third kappa shape index (κ3) is 23.7. The summed E-state index contributed by atoms with van der Waals surface area (Å²) in [5, 5.41) is 37.4. The number of carbonyl (C=O) groups excluding carboxylic acids is 4. The van der Waals surface area contributed by atoms with Crippen LogP contribution < -0.4 is 5.90 Å². The van der Waals surface area contributed by atoms with Crippen LogP contribution in [0, 0.1) is 0 Å². The molecule has 4 aliphatic rings. The van der Waals surface area contributed by atoms with Crippen molar-refractivity contribution < 1.29 is 53.8 Å². The van der Waals surface area contributed by atoms with Gasteiger partial charge >= 0.3 is 11.9 Å². The van der Waals surface area contributed by atoms with E-state index in [1.807, 2.05) is 72.8 Å². The Morgan fingerprint density at radius 2 is 0.643 bits per heavy atom. The quantitative estimate of drug-likeness (QED) is 0.0184. The third-order valence-corrected chi connectivity index (χ3v) is 17.7. The first kappa shape index (κ1) is 78.1. The maximum Gasteiger partial charge on any atom is 0.316 e. The summed E-state index contributed by atoms with van der Waals surface area (Å²) >= 11 is 2.90. The SMILES string of the molecule is COC(=O)CBr.COC(=O)CCCCCCCON=C1c2ccccc2CCc2ccccc21.Cl.NO.O=C(CO)CCCCCCCON=C1c2ccccc2CCc2ccccc21.O=C1c2ccccc2CCc2ccccc21.ON=C1c2ccccc2CCc2ccccc21. The molecule has 0 bridgehead atoms. The monoisotopic (exact) mass is 1410 g/mol. The second-order valence-corrected chi connectivity index (χ2v) is 24.2. The van der Waals surface area contributed by atoms with Gasteiger partial charge in [0.1, 0.15) is 42.3 Å². The first-order valence-electron chi connectivity index (χ1n) is 33.6. The van der Waals surface area contributed by atoms with Crippen molar-refractivity contribution in [3.8, 4) is 0 Å². The number of unbranched alkanes of at least 4 members (excludes halogenated alkanes) is 8. The first-order valence-corrected chi connectivity index (χ1v) is 34.7. The van der Waals surface area contributed by atoms with Crippen LogP contribution in [0.15, 0.2) is 210 Å². The summed E-state index contributed by atoms with van der Waals surface area (Å²) in [6.07, 6.45) is 19.0. The Balaban J connectivity index is 0.000000202. The van der Waals surface area contributed by atoms with Crippen molar-refractivity contribution in [3.05, 3.63) is 283 Å². The Hall–Kier alpha value is -8.90. The minimum absolute atomic E-state index is 0. The Kier molecular flexibility index (Phi) is 35.1. The van der Waals surface area contributed by atoms with Crippen LogP contribution in [0.4, 0.5) is 0 Å². The average Bonchev–Trinajstić information content (AvgIpc) is 1.56. The van der Waals surface area contributed by atoms with E-state index in [0.717, 1.165) is 149 Å². The van der Waals surface area contributed by atoms with Crippen molar-refractivity contribution in [1.82, 2.24) is 0 Å². The Morgan fingerprint density at radius 1 is 0.388 bits per heavy atom. The molecule has 0 atom stereocenters. The zero-order valence-electron chi connectivity index (χ0n) is 56.3. The van der Waals surface area contributed by atoms with Crippen LogP contribution in [0.3, 0.4) is 0 Å². The number of halogens is 2. The van der Waals surface area contributed by atoms with Gasteiger partial charge in [-0.1, -0.05) is 251 Å². The Morgan fingerprint density at radius 3 is 0.918 bits per heavy atom. The summed E-state index contributed by atoms with van der Waals surface area (Å²) in [6.45, 7) is 0.884. The highest BCUT2D eigenvalue weighted by atomic mass is 79.9. The van der Waals surface area contributed by atoms with E-state index in [-0.39, 0.29) is 47.8 Å². The number of hydrogen-bond acceptors (Lipinski definition) is 15. The topological polar surface area (TPSA) is 229 Å². The molecule has 0 spiro atoms. The number of aryl methyl sites for hydroxylation is 8. The van der Waals surface area contributed by atoms with E-state index in [4.69, 9.17) is 20.0 Å². The Bertz CT molecular complexity index is 3570. The molecule has 8 aromatic carbocycles. The van der Waals surface area contributed by atoms with Gasteiger partial charge < -0.3 is 34.7 Å². The number of alkyl halides is 1. The van der Waals surface area contributed by atoms with Crippen LogP contribution in [0.5, 0.6) is 0 Å². The van der Waals surface area contributed by atoms with Crippen LogP contribution in [0.1, 0.15) is 171 Å². The largest absolute Gasteiger partial charge is 0.469 e. The average molecular weight is 1410 g/mol. The smallest absolute Gasteiger partial charge is 0.316 e. The van der Waals surface area contributed by atoms with Gasteiger partial charge in [0.25, 0.3) is 0 Å². The predicted molar refractivity (Wildman–Crippen MR) is 394 cm³/mol. The molecule has 98 heavy (non-hydrogen) atoms. The molecule has 0 unspecified atom stereocenters. The van der Waals surface area contributed by atoms with E-state index in [1.165, 1.54) is 81.0 Å². The minimum Gasteiger partial charge on any atom is -0.469 e. The summed E-state index contributed by atoms with van der Waals surface area (Å²) < 4.78 is 8.87. The molecule has 5 N–H and O–H groups in total. The Labute approximate surface area is 591 Å². The number of aliphatic hydroxyl groups excluding tert-OH is 1. The van der Waals surface area contributed by atoms with E-state index in [2.05, 4.69) is 168 Å². The summed E-state index contributed by atoms with van der Waals surface area (Å²) in [6, 6.07) is 66.0. The number of carbonyl (C=O) groups is 4. The highest BCUT2D eigenvalue weighted by molar-refractivity contribution is 9.09. The first-order chi connectivity index (χ1) is 47.7. The second-order valence-electron chi connectivity index (χ2n) is 23.6. The maximum absolute atomic E-state index is 12.3. The van der Waals surface area contributed by atoms with E-state index in [0.29, 0.717) is 31.8 Å². The zero-order valence-corrected chi connectivity index (χ0v) is 58.7. The van der Waals surface area contributed by atoms with Crippen LogP contribution in [-0.4, -0.2) is 95.5 Å². The van der Waals surface area contributed by atoms with E-state index in [1.54, 1.807) is 0 Å². The highest BCUT2D eigenvalue weighted by Gasteiger charge is 2.23. The molecule has 15 nitrogen and oxygen atoms in total. The third-order valence-electron chi connectivity index (χ3n) is 17.3. The molecule has 0 saturated carbocycles. The van der Waals surface area contributed by atoms with Crippen molar-refractivity contribution in [3.63, 3.8) is 0 Å². The molecule has 8 aromatic rings. The number of oxime groups is 3. The maximum atomic E-state index is 12.3. The molecule has 0 amide bonds. The lowest BCUT2D eigenvalue weighted by molar-refractivity contribution is -0.141. The van der Waals surface area contributed by atoms with Crippen molar-refractivity contribution in [2.45, 2.75) is 128 Å².